The van der Waals surface area contributed by atoms with E-state index in [-0.39, 0.29) is 0 Å². The van der Waals surface area contributed by atoms with Crippen LogP contribution in [0.15, 0.2) is 18.2 Å². The summed E-state index contributed by atoms with van der Waals surface area (Å²) in [5, 5.41) is 1.36. The van der Waals surface area contributed by atoms with Crippen molar-refractivity contribution in [3.63, 3.8) is 0 Å². The zero-order chi connectivity index (χ0) is 10.5. The molecule has 0 aliphatic heterocycles. The Balaban J connectivity index is 1.80. The highest BCUT2D eigenvalue weighted by molar-refractivity contribution is 6.42. The molecule has 0 bridgehead atoms. The van der Waals surface area contributed by atoms with Gasteiger partial charge in [-0.2, -0.15) is 0 Å². The second kappa shape index (κ2) is 3.40. The molecule has 2 heteroatoms. The minimum absolute atomic E-state index is 0.650. The number of fused-ring (bicyclic) bond motifs is 1. The molecule has 15 heavy (non-hydrogen) atoms. The first-order valence-electron chi connectivity index (χ1n) is 5.64. The Morgan fingerprint density at radius 3 is 2.73 bits per heavy atom. The zero-order valence-electron chi connectivity index (χ0n) is 8.60. The van der Waals surface area contributed by atoms with Crippen molar-refractivity contribution in [3.05, 3.63) is 33.8 Å². The van der Waals surface area contributed by atoms with Gasteiger partial charge in [-0.15, -0.1) is 0 Å². The molecule has 0 aromatic heterocycles. The minimum Gasteiger partial charge on any atom is -0.0827 e. The van der Waals surface area contributed by atoms with Gasteiger partial charge in [-0.05, 0) is 54.7 Å². The lowest BCUT2D eigenvalue weighted by Crippen LogP contribution is -2.03. The highest BCUT2D eigenvalue weighted by atomic mass is 35.5. The van der Waals surface area contributed by atoms with Crippen LogP contribution in [0, 0.1) is 11.3 Å². The van der Waals surface area contributed by atoms with Crippen LogP contribution in [0.3, 0.4) is 0 Å². The predicted molar refractivity (Wildman–Crippen MR) is 64.6 cm³/mol. The predicted octanol–water partition coefficient (Wildman–Crippen LogP) is 4.73. The van der Waals surface area contributed by atoms with Gasteiger partial charge in [0.2, 0.25) is 0 Å². The van der Waals surface area contributed by atoms with Gasteiger partial charge < -0.3 is 0 Å². The molecule has 0 nitrogen and oxygen atoms in total. The summed E-state index contributed by atoms with van der Waals surface area (Å²) in [7, 11) is 0. The Morgan fingerprint density at radius 2 is 2.13 bits per heavy atom. The van der Waals surface area contributed by atoms with E-state index in [1.54, 1.807) is 0 Å². The number of halogens is 2. The van der Waals surface area contributed by atoms with Crippen molar-refractivity contribution in [2.75, 3.05) is 0 Å². The van der Waals surface area contributed by atoms with E-state index in [1.165, 1.54) is 37.7 Å². The molecular weight excluding hydrogens is 227 g/mol. The van der Waals surface area contributed by atoms with Crippen molar-refractivity contribution in [2.45, 2.75) is 32.1 Å². The molecule has 2 unspecified atom stereocenters. The summed E-state index contributed by atoms with van der Waals surface area (Å²) < 4.78 is 0. The van der Waals surface area contributed by atoms with E-state index in [2.05, 4.69) is 6.07 Å². The summed E-state index contributed by atoms with van der Waals surface area (Å²) in [6.45, 7) is 0. The molecule has 2 atom stereocenters. The zero-order valence-corrected chi connectivity index (χ0v) is 10.1. The summed E-state index contributed by atoms with van der Waals surface area (Å²) in [6, 6.07) is 6.07. The molecule has 0 amide bonds. The van der Waals surface area contributed by atoms with Gasteiger partial charge in [-0.1, -0.05) is 35.7 Å². The van der Waals surface area contributed by atoms with Gasteiger partial charge in [-0.3, -0.25) is 0 Å². The molecule has 0 spiro atoms. The van der Waals surface area contributed by atoms with Gasteiger partial charge in [0.1, 0.15) is 0 Å². The van der Waals surface area contributed by atoms with E-state index >= 15 is 0 Å². The molecule has 2 aliphatic rings. The normalized spacial score (nSPS) is 32.8. The first-order valence-corrected chi connectivity index (χ1v) is 6.39. The topological polar surface area (TPSA) is 0 Å². The molecule has 0 radical (unpaired) electrons. The average Bonchev–Trinajstić information content (AvgIpc) is 2.74. The first kappa shape index (κ1) is 9.99. The van der Waals surface area contributed by atoms with Crippen molar-refractivity contribution in [2.24, 2.45) is 11.3 Å². The maximum absolute atomic E-state index is 6.03. The lowest BCUT2D eigenvalue weighted by Gasteiger charge is -2.12. The van der Waals surface area contributed by atoms with Gasteiger partial charge in [0, 0.05) is 0 Å². The summed E-state index contributed by atoms with van der Waals surface area (Å²) in [5.41, 5.74) is 2.01. The third-order valence-electron chi connectivity index (χ3n) is 4.13. The molecule has 2 saturated carbocycles. The summed E-state index contributed by atoms with van der Waals surface area (Å²) in [5.74, 6) is 1.01. The Kier molecular flexibility index (Phi) is 2.26. The van der Waals surface area contributed by atoms with Gasteiger partial charge in [0.15, 0.2) is 0 Å². The second-order valence-electron chi connectivity index (χ2n) is 5.08. The number of hydrogen-bond acceptors (Lipinski definition) is 0. The van der Waals surface area contributed by atoms with Crippen molar-refractivity contribution in [1.82, 2.24) is 0 Å². The van der Waals surface area contributed by atoms with E-state index in [0.717, 1.165) is 5.92 Å². The van der Waals surface area contributed by atoms with Crippen LogP contribution in [-0.2, 0) is 6.42 Å². The van der Waals surface area contributed by atoms with Crippen LogP contribution >= 0.6 is 23.2 Å². The maximum atomic E-state index is 6.03. The highest BCUT2D eigenvalue weighted by Gasteiger charge is 2.56. The van der Waals surface area contributed by atoms with Crippen LogP contribution in [0.1, 0.15) is 31.2 Å². The molecule has 1 aromatic carbocycles. The quantitative estimate of drug-likeness (QED) is 0.702. The number of hydrogen-bond donors (Lipinski definition) is 0. The minimum atomic E-state index is 0.650. The summed E-state index contributed by atoms with van der Waals surface area (Å²) in [4.78, 5) is 0. The van der Waals surface area contributed by atoms with Gasteiger partial charge in [0.25, 0.3) is 0 Å². The third kappa shape index (κ3) is 1.68. The van der Waals surface area contributed by atoms with Crippen molar-refractivity contribution in [1.29, 1.82) is 0 Å². The maximum Gasteiger partial charge on any atom is 0.0595 e. The molecule has 3 rings (SSSR count). The third-order valence-corrected chi connectivity index (χ3v) is 4.87. The van der Waals surface area contributed by atoms with Crippen LogP contribution in [0.5, 0.6) is 0 Å². The number of benzene rings is 1. The SMILES string of the molecule is Clc1ccc(CC23CCCC2C3)cc1Cl. The van der Waals surface area contributed by atoms with Crippen LogP contribution in [-0.4, -0.2) is 0 Å². The fourth-order valence-electron chi connectivity index (χ4n) is 3.21. The van der Waals surface area contributed by atoms with Crippen LogP contribution in [0.2, 0.25) is 10.0 Å². The van der Waals surface area contributed by atoms with Crippen LogP contribution in [0.4, 0.5) is 0 Å². The van der Waals surface area contributed by atoms with E-state index in [4.69, 9.17) is 23.2 Å². The molecule has 2 fully saturated rings. The number of rotatable bonds is 2. The Bertz CT molecular complexity index is 400. The van der Waals surface area contributed by atoms with E-state index in [9.17, 15) is 0 Å². The highest BCUT2D eigenvalue weighted by Crippen LogP contribution is 2.65. The van der Waals surface area contributed by atoms with Crippen molar-refractivity contribution in [3.8, 4) is 0 Å². The Labute approximate surface area is 101 Å². The molecule has 0 saturated heterocycles. The molecule has 1 aromatic rings. The molecule has 0 heterocycles. The lowest BCUT2D eigenvalue weighted by atomic mass is 9.94. The molecule has 80 valence electrons. The van der Waals surface area contributed by atoms with Gasteiger partial charge in [0.05, 0.1) is 10.0 Å². The van der Waals surface area contributed by atoms with E-state index in [0.29, 0.717) is 15.5 Å². The van der Waals surface area contributed by atoms with Gasteiger partial charge >= 0.3 is 0 Å². The van der Waals surface area contributed by atoms with Crippen LogP contribution in [0.25, 0.3) is 0 Å². The van der Waals surface area contributed by atoms with Crippen molar-refractivity contribution < 1.29 is 0 Å². The first-order chi connectivity index (χ1) is 7.20. The van der Waals surface area contributed by atoms with Gasteiger partial charge in [-0.25, -0.2) is 0 Å². The molecule has 0 N–H and O–H groups in total. The fourth-order valence-corrected chi connectivity index (χ4v) is 3.53. The fraction of sp³-hybridized carbons (Fsp3) is 0.538. The lowest BCUT2D eigenvalue weighted by molar-refractivity contribution is 0.485. The Morgan fingerprint density at radius 1 is 1.27 bits per heavy atom. The summed E-state index contributed by atoms with van der Waals surface area (Å²) >= 11 is 11.9. The smallest absolute Gasteiger partial charge is 0.0595 e. The molecule has 2 aliphatic carbocycles. The van der Waals surface area contributed by atoms with Crippen LogP contribution < -0.4 is 0 Å². The van der Waals surface area contributed by atoms with E-state index in [1.807, 2.05) is 12.1 Å². The van der Waals surface area contributed by atoms with E-state index < -0.39 is 0 Å². The average molecular weight is 241 g/mol. The standard InChI is InChI=1S/C13H14Cl2/c14-11-4-3-9(6-12(11)15)7-13-5-1-2-10(13)8-13/h3-4,6,10H,1-2,5,7-8H2. The second-order valence-corrected chi connectivity index (χ2v) is 5.90. The summed E-state index contributed by atoms with van der Waals surface area (Å²) in [6.07, 6.45) is 6.92. The monoisotopic (exact) mass is 240 g/mol. The largest absolute Gasteiger partial charge is 0.0827 e. The Hall–Kier alpha value is -0.200. The molecular formula is C13H14Cl2. The van der Waals surface area contributed by atoms with Crippen molar-refractivity contribution >= 4 is 23.2 Å².